The van der Waals surface area contributed by atoms with E-state index in [4.69, 9.17) is 0 Å². The summed E-state index contributed by atoms with van der Waals surface area (Å²) in [5, 5.41) is 2.77. The van der Waals surface area contributed by atoms with E-state index in [0.717, 1.165) is 29.7 Å². The Morgan fingerprint density at radius 1 is 1.12 bits per heavy atom. The summed E-state index contributed by atoms with van der Waals surface area (Å²) in [7, 11) is 0. The van der Waals surface area contributed by atoms with Gasteiger partial charge in [0.2, 0.25) is 5.91 Å². The van der Waals surface area contributed by atoms with Crippen molar-refractivity contribution in [2.45, 2.75) is 24.8 Å². The molecule has 4 rings (SSSR count). The number of benzene rings is 2. The van der Waals surface area contributed by atoms with Crippen molar-refractivity contribution < 1.29 is 9.18 Å². The van der Waals surface area contributed by atoms with Gasteiger partial charge in [-0.3, -0.25) is 9.69 Å². The van der Waals surface area contributed by atoms with E-state index in [0.29, 0.717) is 18.5 Å². The molecule has 124 valence electrons. The molecule has 3 nitrogen and oxygen atoms in total. The van der Waals surface area contributed by atoms with Crippen LogP contribution in [-0.4, -0.2) is 23.9 Å². The van der Waals surface area contributed by atoms with Crippen molar-refractivity contribution in [3.63, 3.8) is 0 Å². The van der Waals surface area contributed by atoms with E-state index in [1.165, 1.54) is 11.6 Å². The zero-order valence-corrected chi connectivity index (χ0v) is 14.8. The van der Waals surface area contributed by atoms with Gasteiger partial charge in [0.1, 0.15) is 5.82 Å². The molecule has 0 bridgehead atoms. The number of piperidine rings is 1. The van der Waals surface area contributed by atoms with Crippen molar-refractivity contribution in [2.24, 2.45) is 0 Å². The van der Waals surface area contributed by atoms with Crippen LogP contribution in [-0.2, 0) is 16.8 Å². The Bertz CT molecular complexity index is 785. The molecule has 2 aliphatic rings. The van der Waals surface area contributed by atoms with Crippen LogP contribution in [0.5, 0.6) is 0 Å². The molecule has 2 aliphatic heterocycles. The molecule has 24 heavy (non-hydrogen) atoms. The van der Waals surface area contributed by atoms with Crippen molar-refractivity contribution in [1.82, 2.24) is 4.90 Å². The molecule has 1 N–H and O–H groups in total. The molecule has 0 saturated carbocycles. The van der Waals surface area contributed by atoms with Gasteiger partial charge < -0.3 is 5.32 Å². The molecule has 0 radical (unpaired) electrons. The average molecular weight is 389 g/mol. The van der Waals surface area contributed by atoms with Gasteiger partial charge in [0.05, 0.1) is 11.1 Å². The van der Waals surface area contributed by atoms with Crippen LogP contribution in [0.3, 0.4) is 0 Å². The summed E-state index contributed by atoms with van der Waals surface area (Å²) in [4.78, 5) is 15.0. The molecule has 1 saturated heterocycles. The van der Waals surface area contributed by atoms with Crippen LogP contribution in [0.15, 0.2) is 46.9 Å². The first-order chi connectivity index (χ1) is 11.6. The van der Waals surface area contributed by atoms with Gasteiger partial charge in [-0.25, -0.2) is 4.39 Å². The SMILES string of the molecule is O=C1Nc2c(F)ccc(Br)c2C12CCN(Cc1ccccc1)CC2. The maximum atomic E-state index is 14.1. The first-order valence-electron chi connectivity index (χ1n) is 8.16. The van der Waals surface area contributed by atoms with Crippen molar-refractivity contribution in [1.29, 1.82) is 0 Å². The fraction of sp³-hybridized carbons (Fsp3) is 0.316. The summed E-state index contributed by atoms with van der Waals surface area (Å²) in [5.74, 6) is -0.423. The number of hydrogen-bond donors (Lipinski definition) is 1. The second kappa shape index (κ2) is 5.97. The lowest BCUT2D eigenvalue weighted by atomic mass is 9.73. The molecule has 0 aromatic heterocycles. The van der Waals surface area contributed by atoms with E-state index in [2.05, 4.69) is 38.3 Å². The fourth-order valence-corrected chi connectivity index (χ4v) is 4.61. The normalized spacial score (nSPS) is 19.3. The molecule has 0 atom stereocenters. The van der Waals surface area contributed by atoms with E-state index in [1.807, 2.05) is 18.2 Å². The number of carbonyl (C=O) groups is 1. The molecule has 0 unspecified atom stereocenters. The standard InChI is InChI=1S/C19H18BrFN2O/c20-14-6-7-15(21)17-16(14)19(18(24)22-17)8-10-23(11-9-19)12-13-4-2-1-3-5-13/h1-7H,8-12H2,(H,22,24). The second-order valence-corrected chi connectivity index (χ2v) is 7.43. The highest BCUT2D eigenvalue weighted by Gasteiger charge is 2.50. The number of nitrogens with zero attached hydrogens (tertiary/aromatic N) is 1. The van der Waals surface area contributed by atoms with Crippen LogP contribution in [0.1, 0.15) is 24.0 Å². The molecule has 1 spiro atoms. The van der Waals surface area contributed by atoms with Gasteiger partial charge in [-0.15, -0.1) is 0 Å². The van der Waals surface area contributed by atoms with Crippen LogP contribution >= 0.6 is 15.9 Å². The molecule has 1 fully saturated rings. The molecule has 5 heteroatoms. The maximum absolute atomic E-state index is 14.1. The Morgan fingerprint density at radius 2 is 1.83 bits per heavy atom. The number of amides is 1. The van der Waals surface area contributed by atoms with Gasteiger partial charge in [-0.05, 0) is 43.6 Å². The third kappa shape index (κ3) is 2.47. The zero-order valence-electron chi connectivity index (χ0n) is 13.2. The zero-order chi connectivity index (χ0) is 16.7. The minimum atomic E-state index is -0.608. The van der Waals surface area contributed by atoms with Crippen molar-refractivity contribution in [3.05, 3.63) is 63.9 Å². The molecule has 0 aliphatic carbocycles. The van der Waals surface area contributed by atoms with E-state index in [9.17, 15) is 9.18 Å². The third-order valence-corrected chi connectivity index (χ3v) is 5.87. The topological polar surface area (TPSA) is 32.3 Å². The quantitative estimate of drug-likeness (QED) is 0.840. The largest absolute Gasteiger partial charge is 0.323 e. The van der Waals surface area contributed by atoms with Crippen LogP contribution < -0.4 is 5.32 Å². The van der Waals surface area contributed by atoms with Crippen LogP contribution in [0.4, 0.5) is 10.1 Å². The summed E-state index contributed by atoms with van der Waals surface area (Å²) < 4.78 is 14.9. The van der Waals surface area contributed by atoms with Gasteiger partial charge in [0.25, 0.3) is 0 Å². The van der Waals surface area contributed by atoms with Gasteiger partial charge in [-0.1, -0.05) is 46.3 Å². The summed E-state index contributed by atoms with van der Waals surface area (Å²) in [6.07, 6.45) is 1.42. The number of halogens is 2. The number of hydrogen-bond acceptors (Lipinski definition) is 2. The average Bonchev–Trinajstić information content (AvgIpc) is 2.88. The van der Waals surface area contributed by atoms with Crippen LogP contribution in [0.2, 0.25) is 0 Å². The number of anilines is 1. The molecule has 2 heterocycles. The molecular weight excluding hydrogens is 371 g/mol. The summed E-state index contributed by atoms with van der Waals surface area (Å²) in [6, 6.07) is 13.4. The van der Waals surface area contributed by atoms with Crippen molar-refractivity contribution in [2.75, 3.05) is 18.4 Å². The van der Waals surface area contributed by atoms with Crippen molar-refractivity contribution >= 4 is 27.5 Å². The predicted molar refractivity (Wildman–Crippen MR) is 95.4 cm³/mol. The van der Waals surface area contributed by atoms with Gasteiger partial charge in [-0.2, -0.15) is 0 Å². The molecule has 1 amide bonds. The Balaban J connectivity index is 1.57. The Hall–Kier alpha value is -1.72. The number of carbonyl (C=O) groups excluding carboxylic acids is 1. The van der Waals surface area contributed by atoms with Crippen LogP contribution in [0, 0.1) is 5.82 Å². The first-order valence-corrected chi connectivity index (χ1v) is 8.96. The lowest BCUT2D eigenvalue weighted by Gasteiger charge is -2.38. The Labute approximate surface area is 149 Å². The van der Waals surface area contributed by atoms with Gasteiger partial charge in [0, 0.05) is 16.6 Å². The minimum Gasteiger partial charge on any atom is -0.323 e. The fourth-order valence-electron chi connectivity index (χ4n) is 3.90. The highest BCUT2D eigenvalue weighted by molar-refractivity contribution is 9.10. The molecule has 2 aromatic carbocycles. The maximum Gasteiger partial charge on any atom is 0.235 e. The Kier molecular flexibility index (Phi) is 3.93. The van der Waals surface area contributed by atoms with Crippen molar-refractivity contribution in [3.8, 4) is 0 Å². The monoisotopic (exact) mass is 388 g/mol. The summed E-state index contributed by atoms with van der Waals surface area (Å²) in [5.41, 5.74) is 1.82. The lowest BCUT2D eigenvalue weighted by Crippen LogP contribution is -2.46. The third-order valence-electron chi connectivity index (χ3n) is 5.21. The predicted octanol–water partition coefficient (Wildman–Crippen LogP) is 4.07. The summed E-state index contributed by atoms with van der Waals surface area (Å²) in [6.45, 7) is 2.53. The van der Waals surface area contributed by atoms with E-state index in [-0.39, 0.29) is 11.7 Å². The molecular formula is C19H18BrFN2O. The summed E-state index contributed by atoms with van der Waals surface area (Å²) >= 11 is 3.52. The number of likely N-dealkylation sites (tertiary alicyclic amines) is 1. The number of nitrogens with one attached hydrogen (secondary N) is 1. The van der Waals surface area contributed by atoms with E-state index in [1.54, 1.807) is 6.07 Å². The van der Waals surface area contributed by atoms with Crippen LogP contribution in [0.25, 0.3) is 0 Å². The second-order valence-electron chi connectivity index (χ2n) is 6.58. The van der Waals surface area contributed by atoms with Gasteiger partial charge >= 0.3 is 0 Å². The minimum absolute atomic E-state index is 0.0670. The highest BCUT2D eigenvalue weighted by Crippen LogP contribution is 2.49. The Morgan fingerprint density at radius 3 is 2.54 bits per heavy atom. The van der Waals surface area contributed by atoms with E-state index >= 15 is 0 Å². The van der Waals surface area contributed by atoms with E-state index < -0.39 is 5.41 Å². The van der Waals surface area contributed by atoms with Gasteiger partial charge in [0.15, 0.2) is 0 Å². The highest BCUT2D eigenvalue weighted by atomic mass is 79.9. The number of fused-ring (bicyclic) bond motifs is 2. The first kappa shape index (κ1) is 15.8. The number of rotatable bonds is 2. The smallest absolute Gasteiger partial charge is 0.235 e. The lowest BCUT2D eigenvalue weighted by molar-refractivity contribution is -0.122. The molecule has 2 aromatic rings.